The monoisotopic (exact) mass is 350 g/mol. The lowest BCUT2D eigenvalue weighted by Crippen LogP contribution is -1.98. The van der Waals surface area contributed by atoms with Crippen LogP contribution in [-0.4, -0.2) is 0 Å². The van der Waals surface area contributed by atoms with Crippen LogP contribution in [0.4, 0.5) is 0 Å². The van der Waals surface area contributed by atoms with Gasteiger partial charge in [-0.2, -0.15) is 0 Å². The van der Waals surface area contributed by atoms with E-state index in [0.717, 1.165) is 31.8 Å². The van der Waals surface area contributed by atoms with E-state index in [9.17, 15) is 4.79 Å². The molecule has 3 heteroatoms. The molecule has 0 N–H and O–H groups in total. The molecule has 0 aliphatic carbocycles. The van der Waals surface area contributed by atoms with Gasteiger partial charge in [-0.25, -0.2) is 4.79 Å². The molecule has 106 valence electrons. The first-order valence-electron chi connectivity index (χ1n) is 6.94. The predicted molar refractivity (Wildman–Crippen MR) is 93.1 cm³/mol. The third-order valence-corrected chi connectivity index (χ3v) is 4.26. The second-order valence-electron chi connectivity index (χ2n) is 5.15. The van der Waals surface area contributed by atoms with Crippen molar-refractivity contribution >= 4 is 37.7 Å². The number of halogens is 1. The first-order chi connectivity index (χ1) is 10.7. The number of rotatable bonds is 1. The Labute approximate surface area is 135 Å². The van der Waals surface area contributed by atoms with Crippen molar-refractivity contribution in [3.63, 3.8) is 0 Å². The second kappa shape index (κ2) is 5.11. The lowest BCUT2D eigenvalue weighted by atomic mass is 9.97. The predicted octanol–water partition coefficient (Wildman–Crippen LogP) is 5.38. The maximum Gasteiger partial charge on any atom is 0.336 e. The van der Waals surface area contributed by atoms with Gasteiger partial charge < -0.3 is 4.42 Å². The molecule has 4 rings (SSSR count). The van der Waals surface area contributed by atoms with Crippen LogP contribution in [0.2, 0.25) is 0 Å². The van der Waals surface area contributed by atoms with Crippen LogP contribution in [0, 0.1) is 0 Å². The van der Waals surface area contributed by atoms with Gasteiger partial charge in [0.1, 0.15) is 5.58 Å². The molecular formula is C19H11BrO2. The maximum absolute atomic E-state index is 11.9. The van der Waals surface area contributed by atoms with E-state index in [1.54, 1.807) is 6.07 Å². The van der Waals surface area contributed by atoms with Crippen molar-refractivity contribution in [1.82, 2.24) is 0 Å². The van der Waals surface area contributed by atoms with Gasteiger partial charge in [-0.3, -0.25) is 0 Å². The fourth-order valence-electron chi connectivity index (χ4n) is 2.82. The Morgan fingerprint density at radius 3 is 2.50 bits per heavy atom. The molecule has 1 heterocycles. The highest BCUT2D eigenvalue weighted by atomic mass is 79.9. The van der Waals surface area contributed by atoms with Gasteiger partial charge in [-0.05, 0) is 34.5 Å². The van der Waals surface area contributed by atoms with Gasteiger partial charge in [0.2, 0.25) is 0 Å². The molecule has 0 radical (unpaired) electrons. The van der Waals surface area contributed by atoms with Crippen LogP contribution in [0.15, 0.2) is 80.4 Å². The first kappa shape index (κ1) is 13.3. The lowest BCUT2D eigenvalue weighted by Gasteiger charge is -2.09. The molecule has 22 heavy (non-hydrogen) atoms. The first-order valence-corrected chi connectivity index (χ1v) is 7.73. The minimum absolute atomic E-state index is 0.331. The molecule has 0 saturated carbocycles. The van der Waals surface area contributed by atoms with E-state index in [1.807, 2.05) is 54.6 Å². The zero-order valence-electron chi connectivity index (χ0n) is 11.5. The third kappa shape index (κ3) is 2.14. The average Bonchev–Trinajstić information content (AvgIpc) is 2.54. The summed E-state index contributed by atoms with van der Waals surface area (Å²) in [4.78, 5) is 11.9. The van der Waals surface area contributed by atoms with Crippen LogP contribution in [0.5, 0.6) is 0 Å². The molecule has 2 nitrogen and oxygen atoms in total. The summed E-state index contributed by atoms with van der Waals surface area (Å²) in [5.41, 5.74) is 2.19. The van der Waals surface area contributed by atoms with Crippen molar-refractivity contribution in [3.8, 4) is 11.1 Å². The van der Waals surface area contributed by atoms with Crippen molar-refractivity contribution in [3.05, 3.63) is 81.6 Å². The number of hydrogen-bond acceptors (Lipinski definition) is 2. The quantitative estimate of drug-likeness (QED) is 0.341. The third-order valence-electron chi connectivity index (χ3n) is 3.77. The van der Waals surface area contributed by atoms with Crippen LogP contribution in [0.3, 0.4) is 0 Å². The number of hydrogen-bond donors (Lipinski definition) is 0. The Bertz CT molecular complexity index is 1050. The smallest absolute Gasteiger partial charge is 0.336 e. The highest BCUT2D eigenvalue weighted by Crippen LogP contribution is 2.34. The normalized spacial score (nSPS) is 11.1. The highest BCUT2D eigenvalue weighted by Gasteiger charge is 2.11. The standard InChI is InChI=1S/C19H11BrO2/c20-14-7-8-15-13(10-14)6-9-17-19(15)16(11-18(21)22-17)12-4-2-1-3-5-12/h1-11H. The molecule has 0 aliphatic heterocycles. The lowest BCUT2D eigenvalue weighted by molar-refractivity contribution is 0.562. The van der Waals surface area contributed by atoms with Crippen molar-refractivity contribution in [1.29, 1.82) is 0 Å². The van der Waals surface area contributed by atoms with E-state index >= 15 is 0 Å². The molecule has 0 spiro atoms. The molecule has 0 amide bonds. The van der Waals surface area contributed by atoms with Crippen LogP contribution in [0.1, 0.15) is 0 Å². The average molecular weight is 351 g/mol. The fraction of sp³-hybridized carbons (Fsp3) is 0. The van der Waals surface area contributed by atoms with Crippen LogP contribution in [0.25, 0.3) is 32.9 Å². The van der Waals surface area contributed by atoms with Crippen molar-refractivity contribution in [2.45, 2.75) is 0 Å². The largest absolute Gasteiger partial charge is 0.423 e. The SMILES string of the molecule is O=c1cc(-c2ccccc2)c2c(ccc3cc(Br)ccc32)o1. The van der Waals surface area contributed by atoms with Crippen molar-refractivity contribution < 1.29 is 4.42 Å². The van der Waals surface area contributed by atoms with Gasteiger partial charge in [0.15, 0.2) is 0 Å². The van der Waals surface area contributed by atoms with Gasteiger partial charge >= 0.3 is 5.63 Å². The summed E-state index contributed by atoms with van der Waals surface area (Å²) in [5.74, 6) is 0. The second-order valence-corrected chi connectivity index (χ2v) is 6.06. The fourth-order valence-corrected chi connectivity index (χ4v) is 3.20. The summed E-state index contributed by atoms with van der Waals surface area (Å²) in [6, 6.07) is 21.4. The molecule has 0 unspecified atom stereocenters. The van der Waals surface area contributed by atoms with Crippen molar-refractivity contribution in [2.75, 3.05) is 0 Å². The summed E-state index contributed by atoms with van der Waals surface area (Å²) in [6.07, 6.45) is 0. The minimum Gasteiger partial charge on any atom is -0.423 e. The van der Waals surface area contributed by atoms with E-state index in [1.165, 1.54) is 0 Å². The number of fused-ring (bicyclic) bond motifs is 3. The molecule has 3 aromatic carbocycles. The maximum atomic E-state index is 11.9. The van der Waals surface area contributed by atoms with E-state index in [4.69, 9.17) is 4.42 Å². The summed E-state index contributed by atoms with van der Waals surface area (Å²) in [5, 5.41) is 3.15. The van der Waals surface area contributed by atoms with Crippen molar-refractivity contribution in [2.24, 2.45) is 0 Å². The van der Waals surface area contributed by atoms with E-state index < -0.39 is 0 Å². The molecule has 4 aromatic rings. The summed E-state index contributed by atoms with van der Waals surface area (Å²) < 4.78 is 6.42. The molecule has 0 atom stereocenters. The Morgan fingerprint density at radius 1 is 0.864 bits per heavy atom. The molecule has 0 bridgehead atoms. The molecule has 0 fully saturated rings. The Morgan fingerprint density at radius 2 is 1.68 bits per heavy atom. The van der Waals surface area contributed by atoms with Gasteiger partial charge in [-0.1, -0.05) is 58.4 Å². The minimum atomic E-state index is -0.331. The Hall–Kier alpha value is -2.39. The zero-order valence-corrected chi connectivity index (χ0v) is 13.1. The number of benzene rings is 3. The van der Waals surface area contributed by atoms with E-state index in [-0.39, 0.29) is 5.63 Å². The topological polar surface area (TPSA) is 30.2 Å². The molecule has 0 aliphatic rings. The molecule has 1 aromatic heterocycles. The van der Waals surface area contributed by atoms with Gasteiger partial charge in [0.25, 0.3) is 0 Å². The van der Waals surface area contributed by atoms with Crippen LogP contribution < -0.4 is 5.63 Å². The Balaban J connectivity index is 2.21. The van der Waals surface area contributed by atoms with E-state index in [0.29, 0.717) is 5.58 Å². The zero-order chi connectivity index (χ0) is 15.1. The van der Waals surface area contributed by atoms with Gasteiger partial charge in [-0.15, -0.1) is 0 Å². The molecular weight excluding hydrogens is 340 g/mol. The van der Waals surface area contributed by atoms with Gasteiger partial charge in [0, 0.05) is 21.5 Å². The van der Waals surface area contributed by atoms with Crippen LogP contribution >= 0.6 is 15.9 Å². The summed E-state index contributed by atoms with van der Waals surface area (Å²) >= 11 is 3.50. The highest BCUT2D eigenvalue weighted by molar-refractivity contribution is 9.10. The van der Waals surface area contributed by atoms with Crippen LogP contribution in [-0.2, 0) is 0 Å². The Kier molecular flexibility index (Phi) is 3.09. The van der Waals surface area contributed by atoms with Gasteiger partial charge in [0.05, 0.1) is 0 Å². The molecule has 0 saturated heterocycles. The summed E-state index contributed by atoms with van der Waals surface area (Å²) in [6.45, 7) is 0. The van der Waals surface area contributed by atoms with E-state index in [2.05, 4.69) is 22.0 Å². The summed E-state index contributed by atoms with van der Waals surface area (Å²) in [7, 11) is 0.